The van der Waals surface area contributed by atoms with Crippen LogP contribution in [0.1, 0.15) is 41.6 Å². The first kappa shape index (κ1) is 23.7. The highest BCUT2D eigenvalue weighted by molar-refractivity contribution is 5.96. The van der Waals surface area contributed by atoms with E-state index in [9.17, 15) is 23.5 Å². The van der Waals surface area contributed by atoms with Crippen LogP contribution in [0.25, 0.3) is 0 Å². The minimum absolute atomic E-state index is 0.0132. The van der Waals surface area contributed by atoms with E-state index >= 15 is 0 Å². The molecule has 0 spiro atoms. The summed E-state index contributed by atoms with van der Waals surface area (Å²) >= 11 is 0. The lowest BCUT2D eigenvalue weighted by Crippen LogP contribution is -2.52. The topological polar surface area (TPSA) is 91.8 Å². The van der Waals surface area contributed by atoms with Crippen molar-refractivity contribution in [2.45, 2.75) is 50.2 Å². The van der Waals surface area contributed by atoms with Crippen LogP contribution in [0.3, 0.4) is 0 Å². The minimum atomic E-state index is -0.679. The van der Waals surface area contributed by atoms with Gasteiger partial charge in [-0.1, -0.05) is 12.1 Å². The van der Waals surface area contributed by atoms with E-state index in [1.54, 1.807) is 24.3 Å². The van der Waals surface area contributed by atoms with Crippen molar-refractivity contribution < 1.29 is 28.2 Å². The quantitative estimate of drug-likeness (QED) is 0.533. The van der Waals surface area contributed by atoms with Gasteiger partial charge in [0.2, 0.25) is 11.8 Å². The molecule has 186 valence electrons. The molecule has 0 saturated carbocycles. The Morgan fingerprint density at radius 2 is 1.67 bits per heavy atom. The number of rotatable bonds is 6. The Balaban J connectivity index is 1.25. The molecule has 2 saturated heterocycles. The van der Waals surface area contributed by atoms with Crippen LogP contribution >= 0.6 is 0 Å². The average molecular weight is 494 g/mol. The molecule has 2 aromatic carbocycles. The Morgan fingerprint density at radius 1 is 1.00 bits per heavy atom. The summed E-state index contributed by atoms with van der Waals surface area (Å²) in [7, 11) is 0. The third kappa shape index (κ3) is 5.15. The van der Waals surface area contributed by atoms with Gasteiger partial charge >= 0.3 is 0 Å². The highest BCUT2D eigenvalue weighted by Gasteiger charge is 2.43. The van der Waals surface area contributed by atoms with Gasteiger partial charge in [-0.3, -0.25) is 9.59 Å². The van der Waals surface area contributed by atoms with Gasteiger partial charge in [0.25, 0.3) is 5.91 Å². The summed E-state index contributed by atoms with van der Waals surface area (Å²) in [5.41, 5.74) is 0.775. The summed E-state index contributed by atoms with van der Waals surface area (Å²) in [5.74, 6) is -1.26. The first-order valence-corrected chi connectivity index (χ1v) is 11.8. The van der Waals surface area contributed by atoms with Crippen LogP contribution in [0.15, 0.2) is 60.8 Å². The fourth-order valence-electron chi connectivity index (χ4n) is 5.13. The van der Waals surface area contributed by atoms with Gasteiger partial charge in [0.1, 0.15) is 28.7 Å². The summed E-state index contributed by atoms with van der Waals surface area (Å²) in [6.07, 6.45) is 4.12. The highest BCUT2D eigenvalue weighted by Crippen LogP contribution is 2.36. The molecule has 36 heavy (non-hydrogen) atoms. The minimum Gasteiger partial charge on any atom is -0.508 e. The molecule has 2 unspecified atom stereocenters. The number of ether oxygens (including phenoxy) is 1. The summed E-state index contributed by atoms with van der Waals surface area (Å²) < 4.78 is 32.8. The van der Waals surface area contributed by atoms with Crippen LogP contribution in [-0.2, 0) is 11.2 Å². The summed E-state index contributed by atoms with van der Waals surface area (Å²) in [6, 6.07) is 12.7. The summed E-state index contributed by atoms with van der Waals surface area (Å²) in [5, 5.41) is 12.4. The maximum Gasteiger partial charge on any atom is 0.257 e. The fraction of sp³-hybridized carbons (Fsp3) is 0.296. The molecule has 2 bridgehead atoms. The molecule has 2 N–H and O–H groups in total. The van der Waals surface area contributed by atoms with Crippen molar-refractivity contribution in [2.24, 2.45) is 0 Å². The number of fused-ring (bicyclic) bond motifs is 2. The molecular formula is C27H25F2N3O4. The normalized spacial score (nSPS) is 20.7. The number of carbonyl (C=O) groups is 2. The number of amides is 2. The SMILES string of the molecule is O=C(NC1CC2CCC(C1)N2C(=O)Cc1ccc(O)cc1)c1cc(F)cnc1Oc1ccc(F)cc1. The number of phenols is 1. The van der Waals surface area contributed by atoms with Crippen molar-refractivity contribution in [1.29, 1.82) is 0 Å². The van der Waals surface area contributed by atoms with E-state index in [1.807, 2.05) is 4.90 Å². The van der Waals surface area contributed by atoms with Crippen molar-refractivity contribution in [3.8, 4) is 17.4 Å². The number of pyridine rings is 1. The zero-order valence-corrected chi connectivity index (χ0v) is 19.4. The Kier molecular flexibility index (Phi) is 6.54. The van der Waals surface area contributed by atoms with E-state index in [4.69, 9.17) is 4.74 Å². The van der Waals surface area contributed by atoms with Crippen LogP contribution in [0, 0.1) is 11.6 Å². The maximum absolute atomic E-state index is 13.9. The van der Waals surface area contributed by atoms with Crippen molar-refractivity contribution in [3.05, 3.63) is 83.6 Å². The second-order valence-electron chi connectivity index (χ2n) is 9.23. The number of halogens is 2. The first-order chi connectivity index (χ1) is 17.4. The Bertz CT molecular complexity index is 1250. The van der Waals surface area contributed by atoms with Gasteiger partial charge in [-0.25, -0.2) is 13.8 Å². The van der Waals surface area contributed by atoms with Crippen molar-refractivity contribution in [2.75, 3.05) is 0 Å². The summed E-state index contributed by atoms with van der Waals surface area (Å²) in [6.45, 7) is 0. The summed E-state index contributed by atoms with van der Waals surface area (Å²) in [4.78, 5) is 32.0. The number of aromatic nitrogens is 1. The molecule has 2 atom stereocenters. The molecule has 2 aliphatic heterocycles. The molecule has 3 heterocycles. The van der Waals surface area contributed by atoms with Gasteiger partial charge < -0.3 is 20.1 Å². The van der Waals surface area contributed by atoms with Gasteiger partial charge in [0.05, 0.1) is 12.6 Å². The predicted molar refractivity (Wildman–Crippen MR) is 127 cm³/mol. The highest BCUT2D eigenvalue weighted by atomic mass is 19.1. The van der Waals surface area contributed by atoms with Gasteiger partial charge in [-0.05, 0) is 73.7 Å². The second-order valence-corrected chi connectivity index (χ2v) is 9.23. The van der Waals surface area contributed by atoms with Gasteiger partial charge in [-0.2, -0.15) is 0 Å². The van der Waals surface area contributed by atoms with Crippen molar-refractivity contribution in [3.63, 3.8) is 0 Å². The largest absolute Gasteiger partial charge is 0.508 e. The molecule has 7 nitrogen and oxygen atoms in total. The van der Waals surface area contributed by atoms with Crippen LogP contribution in [0.2, 0.25) is 0 Å². The van der Waals surface area contributed by atoms with Gasteiger partial charge in [0.15, 0.2) is 0 Å². The number of piperidine rings is 1. The van der Waals surface area contributed by atoms with E-state index in [0.717, 1.165) is 30.7 Å². The molecule has 2 fully saturated rings. The number of hydrogen-bond acceptors (Lipinski definition) is 5. The van der Waals surface area contributed by atoms with E-state index in [0.29, 0.717) is 12.8 Å². The third-order valence-corrected chi connectivity index (χ3v) is 6.74. The molecule has 2 amide bonds. The zero-order valence-electron chi connectivity index (χ0n) is 19.4. The molecule has 0 radical (unpaired) electrons. The molecule has 9 heteroatoms. The van der Waals surface area contributed by atoms with E-state index in [1.165, 1.54) is 24.3 Å². The van der Waals surface area contributed by atoms with Crippen molar-refractivity contribution in [1.82, 2.24) is 15.2 Å². The Labute approximate surface area is 206 Å². The van der Waals surface area contributed by atoms with Gasteiger partial charge in [-0.15, -0.1) is 0 Å². The van der Waals surface area contributed by atoms with E-state index < -0.39 is 17.5 Å². The second kappa shape index (κ2) is 9.93. The molecule has 5 rings (SSSR count). The van der Waals surface area contributed by atoms with E-state index in [2.05, 4.69) is 10.3 Å². The number of hydrogen-bond donors (Lipinski definition) is 2. The van der Waals surface area contributed by atoms with Crippen molar-refractivity contribution >= 4 is 11.8 Å². The lowest BCUT2D eigenvalue weighted by molar-refractivity contribution is -0.135. The monoisotopic (exact) mass is 493 g/mol. The number of benzene rings is 2. The zero-order chi connectivity index (χ0) is 25.2. The standard InChI is InChI=1S/C27H25F2N3O4/c28-17-3-9-23(10-4-17)36-27-24(12-18(29)15-30-27)26(35)31-19-13-20-5-6-21(14-19)32(20)25(34)11-16-1-7-22(33)8-2-16/h1-4,7-10,12,15,19-21,33H,5-6,11,13-14H2,(H,31,35). The van der Waals surface area contributed by atoms with Crippen LogP contribution in [0.5, 0.6) is 17.4 Å². The lowest BCUT2D eigenvalue weighted by Gasteiger charge is -2.39. The molecule has 2 aliphatic rings. The Hall–Kier alpha value is -4.01. The molecule has 0 aliphatic carbocycles. The molecule has 3 aromatic rings. The fourth-order valence-corrected chi connectivity index (χ4v) is 5.13. The predicted octanol–water partition coefficient (Wildman–Crippen LogP) is 4.35. The smallest absolute Gasteiger partial charge is 0.257 e. The lowest BCUT2D eigenvalue weighted by atomic mass is 9.96. The third-order valence-electron chi connectivity index (χ3n) is 6.74. The number of carbonyl (C=O) groups excluding carboxylic acids is 2. The molecule has 1 aromatic heterocycles. The average Bonchev–Trinajstić information content (AvgIpc) is 3.13. The first-order valence-electron chi connectivity index (χ1n) is 11.8. The number of aromatic hydroxyl groups is 1. The van der Waals surface area contributed by atoms with Crippen LogP contribution in [0.4, 0.5) is 8.78 Å². The maximum atomic E-state index is 13.9. The number of nitrogens with one attached hydrogen (secondary N) is 1. The Morgan fingerprint density at radius 3 is 2.33 bits per heavy atom. The van der Waals surface area contributed by atoms with Gasteiger partial charge in [0, 0.05) is 18.1 Å². The number of nitrogens with zero attached hydrogens (tertiary/aromatic N) is 2. The number of phenolic OH excluding ortho intramolecular Hbond substituents is 1. The molecular weight excluding hydrogens is 468 g/mol. The van der Waals surface area contributed by atoms with E-state index in [-0.39, 0.29) is 53.4 Å². The van der Waals surface area contributed by atoms with Crippen LogP contribution in [-0.4, -0.2) is 44.9 Å². The van der Waals surface area contributed by atoms with Crippen LogP contribution < -0.4 is 10.1 Å².